The highest BCUT2D eigenvalue weighted by atomic mass is 16.5. The van der Waals surface area contributed by atoms with Crippen molar-refractivity contribution in [3.05, 3.63) is 23.8 Å². The van der Waals surface area contributed by atoms with Crippen molar-refractivity contribution in [1.82, 2.24) is 0 Å². The summed E-state index contributed by atoms with van der Waals surface area (Å²) in [6, 6.07) is 5.93. The number of amides is 1. The average molecular weight is 290 g/mol. The summed E-state index contributed by atoms with van der Waals surface area (Å²) in [7, 11) is 1.69. The van der Waals surface area contributed by atoms with Crippen LogP contribution in [-0.2, 0) is 9.53 Å². The summed E-state index contributed by atoms with van der Waals surface area (Å²) >= 11 is 0. The first-order valence-electron chi connectivity index (χ1n) is 7.37. The monoisotopic (exact) mass is 290 g/mol. The van der Waals surface area contributed by atoms with Gasteiger partial charge in [-0.2, -0.15) is 0 Å². The van der Waals surface area contributed by atoms with Crippen LogP contribution in [-0.4, -0.2) is 38.0 Å². The molecule has 21 heavy (non-hydrogen) atoms. The van der Waals surface area contributed by atoms with Gasteiger partial charge in [0.05, 0.1) is 17.9 Å². The molecule has 1 aliphatic heterocycles. The van der Waals surface area contributed by atoms with Crippen molar-refractivity contribution in [3.8, 4) is 0 Å². The van der Waals surface area contributed by atoms with Gasteiger partial charge >= 0.3 is 0 Å². The summed E-state index contributed by atoms with van der Waals surface area (Å²) in [5.74, 6) is -1.00. The van der Waals surface area contributed by atoms with Crippen LogP contribution in [0.15, 0.2) is 18.2 Å². The number of carbonyl (C=O) groups is 2. The molecule has 0 spiro atoms. The number of rotatable bonds is 7. The predicted octanol–water partition coefficient (Wildman–Crippen LogP) is 2.46. The Hall–Kier alpha value is -1.88. The molecular formula is C16H22N2O3. The van der Waals surface area contributed by atoms with E-state index in [2.05, 4.69) is 24.1 Å². The number of nitrogens with zero attached hydrogens (tertiary/aromatic N) is 1. The molecule has 0 aliphatic carbocycles. The van der Waals surface area contributed by atoms with Gasteiger partial charge < -0.3 is 15.0 Å². The second-order valence-electron chi connectivity index (χ2n) is 5.17. The van der Waals surface area contributed by atoms with Crippen molar-refractivity contribution in [2.75, 3.05) is 30.5 Å². The summed E-state index contributed by atoms with van der Waals surface area (Å²) in [5, 5.41) is 2.63. The standard InChI is InChI=1S/C16H22N2O3/c1-4-11(5-2)18(8-9-21-3)12-6-7-13-14(10-12)17-16(20)15(13)19/h6-7,10-11H,4-5,8-9H2,1-3H3,(H,17,19,20). The molecule has 1 N–H and O–H groups in total. The Balaban J connectivity index is 2.31. The number of carbonyl (C=O) groups excluding carboxylic acids is 2. The first-order valence-corrected chi connectivity index (χ1v) is 7.37. The van der Waals surface area contributed by atoms with Crippen LogP contribution in [0.5, 0.6) is 0 Å². The summed E-state index contributed by atoms with van der Waals surface area (Å²) in [6.07, 6.45) is 2.06. The Morgan fingerprint density at radius 3 is 2.57 bits per heavy atom. The fraction of sp³-hybridized carbons (Fsp3) is 0.500. The van der Waals surface area contributed by atoms with Crippen LogP contribution in [0.2, 0.25) is 0 Å². The molecular weight excluding hydrogens is 268 g/mol. The molecule has 1 amide bonds. The van der Waals surface area contributed by atoms with E-state index in [0.29, 0.717) is 23.9 Å². The lowest BCUT2D eigenvalue weighted by Gasteiger charge is -2.32. The lowest BCUT2D eigenvalue weighted by Crippen LogP contribution is -2.37. The minimum atomic E-state index is -0.548. The summed E-state index contributed by atoms with van der Waals surface area (Å²) in [5.41, 5.74) is 2.07. The van der Waals surface area contributed by atoms with Crippen LogP contribution in [0.3, 0.4) is 0 Å². The molecule has 1 aromatic rings. The Morgan fingerprint density at radius 1 is 1.24 bits per heavy atom. The van der Waals surface area contributed by atoms with E-state index < -0.39 is 11.7 Å². The third-order valence-electron chi connectivity index (χ3n) is 3.95. The van der Waals surface area contributed by atoms with Crippen LogP contribution in [0, 0.1) is 0 Å². The van der Waals surface area contributed by atoms with Gasteiger partial charge in [0.25, 0.3) is 11.7 Å². The molecule has 1 heterocycles. The molecule has 0 unspecified atom stereocenters. The van der Waals surface area contributed by atoms with Crippen molar-refractivity contribution in [1.29, 1.82) is 0 Å². The number of hydrogen-bond acceptors (Lipinski definition) is 4. The molecule has 0 aromatic heterocycles. The fourth-order valence-electron chi connectivity index (χ4n) is 2.76. The first kappa shape index (κ1) is 15.5. The van der Waals surface area contributed by atoms with E-state index in [1.54, 1.807) is 13.2 Å². The van der Waals surface area contributed by atoms with Crippen molar-refractivity contribution >= 4 is 23.1 Å². The molecule has 0 radical (unpaired) electrons. The summed E-state index contributed by atoms with van der Waals surface area (Å²) in [4.78, 5) is 25.4. The van der Waals surface area contributed by atoms with Crippen molar-refractivity contribution in [2.45, 2.75) is 32.7 Å². The number of hydrogen-bond donors (Lipinski definition) is 1. The van der Waals surface area contributed by atoms with Crippen LogP contribution < -0.4 is 10.2 Å². The highest BCUT2D eigenvalue weighted by Gasteiger charge is 2.28. The first-order chi connectivity index (χ1) is 10.1. The van der Waals surface area contributed by atoms with Gasteiger partial charge in [-0.3, -0.25) is 9.59 Å². The second kappa shape index (κ2) is 6.72. The Bertz CT molecular complexity index is 538. The number of ether oxygens (including phenoxy) is 1. The molecule has 5 nitrogen and oxygen atoms in total. The lowest BCUT2D eigenvalue weighted by atomic mass is 10.1. The molecule has 0 fully saturated rings. The van der Waals surface area contributed by atoms with Crippen LogP contribution >= 0.6 is 0 Å². The number of anilines is 2. The average Bonchev–Trinajstić information content (AvgIpc) is 2.78. The smallest absolute Gasteiger partial charge is 0.296 e. The highest BCUT2D eigenvalue weighted by molar-refractivity contribution is 6.51. The van der Waals surface area contributed by atoms with Crippen LogP contribution in [0.25, 0.3) is 0 Å². The van der Waals surface area contributed by atoms with Crippen molar-refractivity contribution < 1.29 is 14.3 Å². The van der Waals surface area contributed by atoms with Gasteiger partial charge in [-0.15, -0.1) is 0 Å². The quantitative estimate of drug-likeness (QED) is 0.784. The molecule has 0 bridgehead atoms. The van der Waals surface area contributed by atoms with Gasteiger partial charge in [-0.1, -0.05) is 13.8 Å². The van der Waals surface area contributed by atoms with Gasteiger partial charge in [0, 0.05) is 25.4 Å². The SMILES string of the molecule is CCC(CC)N(CCOC)c1ccc2c(c1)NC(=O)C2=O. The van der Waals surface area contributed by atoms with Gasteiger partial charge in [-0.05, 0) is 31.0 Å². The van der Waals surface area contributed by atoms with Gasteiger partial charge in [0.2, 0.25) is 0 Å². The summed E-state index contributed by atoms with van der Waals surface area (Å²) in [6.45, 7) is 5.74. The minimum absolute atomic E-state index is 0.408. The maximum absolute atomic E-state index is 11.7. The zero-order valence-corrected chi connectivity index (χ0v) is 12.8. The van der Waals surface area contributed by atoms with E-state index in [0.717, 1.165) is 25.1 Å². The zero-order valence-electron chi connectivity index (χ0n) is 12.8. The van der Waals surface area contributed by atoms with E-state index in [-0.39, 0.29) is 0 Å². The van der Waals surface area contributed by atoms with Gasteiger partial charge in [-0.25, -0.2) is 0 Å². The van der Waals surface area contributed by atoms with Crippen LogP contribution in [0.1, 0.15) is 37.0 Å². The molecule has 1 aliphatic rings. The Labute approximate surface area is 125 Å². The van der Waals surface area contributed by atoms with E-state index >= 15 is 0 Å². The van der Waals surface area contributed by atoms with E-state index in [1.165, 1.54) is 0 Å². The topological polar surface area (TPSA) is 58.6 Å². The molecule has 0 atom stereocenters. The number of benzene rings is 1. The van der Waals surface area contributed by atoms with Crippen LogP contribution in [0.4, 0.5) is 11.4 Å². The Kier molecular flexibility index (Phi) is 4.96. The highest BCUT2D eigenvalue weighted by Crippen LogP contribution is 2.30. The fourth-order valence-corrected chi connectivity index (χ4v) is 2.76. The molecule has 5 heteroatoms. The van der Waals surface area contributed by atoms with Gasteiger partial charge in [0.15, 0.2) is 0 Å². The largest absolute Gasteiger partial charge is 0.383 e. The number of nitrogens with one attached hydrogen (secondary N) is 1. The normalized spacial score (nSPS) is 13.5. The molecule has 0 saturated carbocycles. The van der Waals surface area contributed by atoms with Crippen molar-refractivity contribution in [2.24, 2.45) is 0 Å². The zero-order chi connectivity index (χ0) is 15.4. The van der Waals surface area contributed by atoms with E-state index in [9.17, 15) is 9.59 Å². The number of ketones is 1. The third kappa shape index (κ3) is 3.08. The van der Waals surface area contributed by atoms with E-state index in [1.807, 2.05) is 12.1 Å². The second-order valence-corrected chi connectivity index (χ2v) is 5.17. The lowest BCUT2D eigenvalue weighted by molar-refractivity contribution is -0.112. The molecule has 1 aromatic carbocycles. The molecule has 114 valence electrons. The molecule has 0 saturated heterocycles. The van der Waals surface area contributed by atoms with Gasteiger partial charge in [0.1, 0.15) is 0 Å². The Morgan fingerprint density at radius 2 is 1.95 bits per heavy atom. The predicted molar refractivity (Wildman–Crippen MR) is 83.0 cm³/mol. The maximum atomic E-state index is 11.7. The molecule has 2 rings (SSSR count). The third-order valence-corrected chi connectivity index (χ3v) is 3.95. The van der Waals surface area contributed by atoms with E-state index in [4.69, 9.17) is 4.74 Å². The minimum Gasteiger partial charge on any atom is -0.383 e. The van der Waals surface area contributed by atoms with Crippen molar-refractivity contribution in [3.63, 3.8) is 0 Å². The number of Topliss-reactive ketones (excluding diaryl/α,β-unsaturated/α-hetero) is 1. The number of methoxy groups -OCH3 is 1. The summed E-state index contributed by atoms with van der Waals surface area (Å²) < 4.78 is 5.19. The number of fused-ring (bicyclic) bond motifs is 1. The maximum Gasteiger partial charge on any atom is 0.296 e.